The van der Waals surface area contributed by atoms with Crippen LogP contribution in [-0.2, 0) is 9.47 Å². The first-order valence-corrected chi connectivity index (χ1v) is 8.60. The zero-order valence-corrected chi connectivity index (χ0v) is 13.8. The van der Waals surface area contributed by atoms with Crippen molar-refractivity contribution in [3.8, 4) is 0 Å². The fourth-order valence-electron chi connectivity index (χ4n) is 3.80. The van der Waals surface area contributed by atoms with Crippen LogP contribution in [-0.4, -0.2) is 42.5 Å². The van der Waals surface area contributed by atoms with Crippen LogP contribution in [0.3, 0.4) is 0 Å². The van der Waals surface area contributed by atoms with Gasteiger partial charge in [-0.05, 0) is 51.9 Å². The first kappa shape index (κ1) is 15.9. The summed E-state index contributed by atoms with van der Waals surface area (Å²) in [6, 6.07) is 6.47. The van der Waals surface area contributed by atoms with Crippen LogP contribution >= 0.6 is 0 Å². The van der Waals surface area contributed by atoms with E-state index in [0.29, 0.717) is 12.0 Å². The molecule has 1 aliphatic heterocycles. The molecule has 0 N–H and O–H groups in total. The zero-order valence-electron chi connectivity index (χ0n) is 13.8. The minimum Gasteiger partial charge on any atom is -0.347 e. The van der Waals surface area contributed by atoms with Crippen LogP contribution in [0.4, 0.5) is 0 Å². The van der Waals surface area contributed by atoms with Crippen molar-refractivity contribution in [3.63, 3.8) is 0 Å². The Balaban J connectivity index is 1.56. The summed E-state index contributed by atoms with van der Waals surface area (Å²) in [5, 5.41) is 0. The summed E-state index contributed by atoms with van der Waals surface area (Å²) in [7, 11) is 2.19. The Morgan fingerprint density at radius 1 is 1.32 bits per heavy atom. The molecule has 1 saturated heterocycles. The highest BCUT2D eigenvalue weighted by molar-refractivity contribution is 5.07. The smallest absolute Gasteiger partial charge is 0.171 e. The van der Waals surface area contributed by atoms with Gasteiger partial charge in [-0.2, -0.15) is 0 Å². The quantitative estimate of drug-likeness (QED) is 0.835. The van der Waals surface area contributed by atoms with Crippen molar-refractivity contribution >= 4 is 0 Å². The van der Waals surface area contributed by atoms with E-state index < -0.39 is 0 Å². The van der Waals surface area contributed by atoms with E-state index in [4.69, 9.17) is 9.47 Å². The molecule has 1 aromatic heterocycles. The fourth-order valence-corrected chi connectivity index (χ4v) is 3.80. The highest BCUT2D eigenvalue weighted by Crippen LogP contribution is 2.42. The number of aromatic nitrogens is 1. The number of hydrogen-bond acceptors (Lipinski definition) is 4. The topological polar surface area (TPSA) is 34.6 Å². The third-order valence-corrected chi connectivity index (χ3v) is 5.33. The van der Waals surface area contributed by atoms with Crippen LogP contribution in [0.15, 0.2) is 24.4 Å². The van der Waals surface area contributed by atoms with Gasteiger partial charge < -0.3 is 9.47 Å². The van der Waals surface area contributed by atoms with Crippen molar-refractivity contribution in [2.45, 2.75) is 50.9 Å². The predicted molar refractivity (Wildman–Crippen MR) is 86.5 cm³/mol. The molecule has 2 aliphatic rings. The van der Waals surface area contributed by atoms with Crippen molar-refractivity contribution in [2.75, 3.05) is 26.8 Å². The average molecular weight is 304 g/mol. The maximum atomic E-state index is 6.02. The van der Waals surface area contributed by atoms with E-state index >= 15 is 0 Å². The van der Waals surface area contributed by atoms with Crippen LogP contribution in [0.2, 0.25) is 0 Å². The highest BCUT2D eigenvalue weighted by atomic mass is 16.7. The summed E-state index contributed by atoms with van der Waals surface area (Å²) in [6.45, 7) is 4.80. The van der Waals surface area contributed by atoms with Gasteiger partial charge in [-0.1, -0.05) is 12.5 Å². The molecule has 0 bridgehead atoms. The molecule has 2 fully saturated rings. The van der Waals surface area contributed by atoms with Crippen molar-refractivity contribution in [1.29, 1.82) is 0 Å². The molecule has 3 rings (SSSR count). The van der Waals surface area contributed by atoms with E-state index in [1.54, 1.807) is 0 Å². The van der Waals surface area contributed by atoms with Crippen LogP contribution in [0.25, 0.3) is 0 Å². The van der Waals surface area contributed by atoms with Crippen LogP contribution < -0.4 is 0 Å². The lowest BCUT2D eigenvalue weighted by Crippen LogP contribution is -2.43. The molecule has 2 atom stereocenters. The zero-order chi connectivity index (χ0) is 15.4. The van der Waals surface area contributed by atoms with E-state index in [9.17, 15) is 0 Å². The van der Waals surface area contributed by atoms with E-state index in [-0.39, 0.29) is 5.79 Å². The fraction of sp³-hybridized carbons (Fsp3) is 0.722. The first-order valence-electron chi connectivity index (χ1n) is 8.60. The van der Waals surface area contributed by atoms with E-state index in [0.717, 1.165) is 38.3 Å². The summed E-state index contributed by atoms with van der Waals surface area (Å²) < 4.78 is 12.0. The maximum absolute atomic E-state index is 6.02. The Labute approximate surface area is 133 Å². The second-order valence-corrected chi connectivity index (χ2v) is 6.65. The Morgan fingerprint density at radius 3 is 2.86 bits per heavy atom. The summed E-state index contributed by atoms with van der Waals surface area (Å²) in [4.78, 5) is 6.86. The third kappa shape index (κ3) is 3.34. The van der Waals surface area contributed by atoms with E-state index in [2.05, 4.69) is 36.0 Å². The molecule has 22 heavy (non-hydrogen) atoms. The molecule has 4 heteroatoms. The second kappa shape index (κ2) is 7.07. The van der Waals surface area contributed by atoms with Crippen molar-refractivity contribution < 1.29 is 9.47 Å². The van der Waals surface area contributed by atoms with E-state index in [1.807, 2.05) is 12.3 Å². The van der Waals surface area contributed by atoms with Gasteiger partial charge in [0.25, 0.3) is 0 Å². The summed E-state index contributed by atoms with van der Waals surface area (Å²) in [5.41, 5.74) is 1.14. The summed E-state index contributed by atoms with van der Waals surface area (Å²) in [6.07, 6.45) is 7.84. The molecule has 0 radical (unpaired) electrons. The number of nitrogens with zero attached hydrogens (tertiary/aromatic N) is 2. The molecule has 4 nitrogen and oxygen atoms in total. The Bertz CT molecular complexity index is 459. The number of ether oxygens (including phenoxy) is 2. The van der Waals surface area contributed by atoms with Crippen molar-refractivity contribution in [3.05, 3.63) is 30.1 Å². The van der Waals surface area contributed by atoms with Gasteiger partial charge in [-0.3, -0.25) is 9.88 Å². The summed E-state index contributed by atoms with van der Waals surface area (Å²) in [5.74, 6) is 0.259. The van der Waals surface area contributed by atoms with Gasteiger partial charge in [-0.15, -0.1) is 0 Å². The molecule has 122 valence electrons. The van der Waals surface area contributed by atoms with Crippen LogP contribution in [0.5, 0.6) is 0 Å². The second-order valence-electron chi connectivity index (χ2n) is 6.65. The third-order valence-electron chi connectivity index (χ3n) is 5.33. The molecule has 1 spiro atoms. The Hall–Kier alpha value is -0.970. The molecule has 1 aliphatic carbocycles. The molecule has 2 heterocycles. The van der Waals surface area contributed by atoms with Crippen LogP contribution in [0.1, 0.15) is 50.8 Å². The minimum absolute atomic E-state index is 0.271. The van der Waals surface area contributed by atoms with Gasteiger partial charge in [0.1, 0.15) is 0 Å². The van der Waals surface area contributed by atoms with Gasteiger partial charge in [0.2, 0.25) is 0 Å². The normalized spacial score (nSPS) is 25.7. The highest BCUT2D eigenvalue weighted by Gasteiger charge is 2.45. The number of hydrogen-bond donors (Lipinski definition) is 0. The first-order chi connectivity index (χ1) is 10.7. The summed E-state index contributed by atoms with van der Waals surface area (Å²) >= 11 is 0. The lowest BCUT2D eigenvalue weighted by molar-refractivity contribution is -0.214. The molecule has 1 aromatic rings. The largest absolute Gasteiger partial charge is 0.347 e. The minimum atomic E-state index is -0.271. The standard InChI is InChI=1S/C18H28N2O2/c1-15(17-8-4-6-11-19-17)20(2)12-9-16-7-3-5-10-18(16)21-13-14-22-18/h4,6,8,11,15-16H,3,5,7,9-10,12-14H2,1-2H3/t15-,16-/m1/s1. The molecular weight excluding hydrogens is 276 g/mol. The van der Waals surface area contributed by atoms with Gasteiger partial charge in [0.15, 0.2) is 5.79 Å². The van der Waals surface area contributed by atoms with Crippen LogP contribution in [0, 0.1) is 5.92 Å². The SMILES string of the molecule is C[C@H](c1ccccn1)N(C)CC[C@H]1CCCCC12OCCO2. The molecule has 1 saturated carbocycles. The van der Waals surface area contributed by atoms with Crippen molar-refractivity contribution in [1.82, 2.24) is 9.88 Å². The molecule has 0 aromatic carbocycles. The van der Waals surface area contributed by atoms with Gasteiger partial charge in [0, 0.05) is 24.6 Å². The van der Waals surface area contributed by atoms with Gasteiger partial charge in [-0.25, -0.2) is 0 Å². The lowest BCUT2D eigenvalue weighted by atomic mass is 9.81. The van der Waals surface area contributed by atoms with Gasteiger partial charge in [0.05, 0.1) is 18.9 Å². The van der Waals surface area contributed by atoms with Gasteiger partial charge >= 0.3 is 0 Å². The average Bonchev–Trinajstić information content (AvgIpc) is 3.03. The number of pyridine rings is 1. The lowest BCUT2D eigenvalue weighted by Gasteiger charge is -2.40. The monoisotopic (exact) mass is 304 g/mol. The molecule has 0 amide bonds. The van der Waals surface area contributed by atoms with Crippen molar-refractivity contribution in [2.24, 2.45) is 5.92 Å². The van der Waals surface area contributed by atoms with E-state index in [1.165, 1.54) is 19.3 Å². The molecule has 0 unspecified atom stereocenters. The molecular formula is C18H28N2O2. The maximum Gasteiger partial charge on any atom is 0.171 e. The Kier molecular flexibility index (Phi) is 5.11. The number of rotatable bonds is 5. The predicted octanol–water partition coefficient (Wildman–Crippen LogP) is 3.40. The Morgan fingerprint density at radius 2 is 2.14 bits per heavy atom.